The fraction of sp³-hybridized carbons (Fsp3) is 0.963. The van der Waals surface area contributed by atoms with Gasteiger partial charge < -0.3 is 9.84 Å². The van der Waals surface area contributed by atoms with Crippen LogP contribution in [0.4, 0.5) is 0 Å². The molecule has 0 spiro atoms. The van der Waals surface area contributed by atoms with Crippen molar-refractivity contribution in [3.05, 3.63) is 0 Å². The maximum atomic E-state index is 10.6. The summed E-state index contributed by atoms with van der Waals surface area (Å²) in [5.74, 6) is -0.0246. The Hall–Kier alpha value is -0.570. The second-order valence-corrected chi connectivity index (χ2v) is 9.41. The van der Waals surface area contributed by atoms with Crippen LogP contribution in [0.3, 0.4) is 0 Å². The van der Waals surface area contributed by atoms with Crippen LogP contribution in [-0.4, -0.2) is 23.8 Å². The second-order valence-electron chi connectivity index (χ2n) is 9.41. The summed E-state index contributed by atoms with van der Waals surface area (Å²) in [6, 6.07) is 0. The third-order valence-corrected chi connectivity index (χ3v) is 6.36. The zero-order valence-corrected chi connectivity index (χ0v) is 20.8. The van der Waals surface area contributed by atoms with Crippen LogP contribution in [0.1, 0.15) is 149 Å². The Labute approximate surface area is 188 Å². The highest BCUT2D eigenvalue weighted by Crippen LogP contribution is 2.22. The lowest BCUT2D eigenvalue weighted by Crippen LogP contribution is -2.23. The van der Waals surface area contributed by atoms with E-state index in [4.69, 9.17) is 9.84 Å². The molecule has 0 fully saturated rings. The molecule has 0 aliphatic rings. The number of ether oxygens (including phenoxy) is 1. The lowest BCUT2D eigenvalue weighted by molar-refractivity contribution is -0.137. The quantitative estimate of drug-likeness (QED) is 0.157. The van der Waals surface area contributed by atoms with E-state index in [-0.39, 0.29) is 0 Å². The molecular formula is C27H54O3. The van der Waals surface area contributed by atoms with Gasteiger partial charge in [-0.3, -0.25) is 4.79 Å². The first-order valence-electron chi connectivity index (χ1n) is 13.4. The van der Waals surface area contributed by atoms with Crippen LogP contribution in [0.15, 0.2) is 0 Å². The Morgan fingerprint density at radius 3 is 1.70 bits per heavy atom. The molecule has 30 heavy (non-hydrogen) atoms. The predicted molar refractivity (Wildman–Crippen MR) is 130 cm³/mol. The molecule has 0 aliphatic carbocycles. The largest absolute Gasteiger partial charge is 0.481 e. The molecule has 2 atom stereocenters. The number of rotatable bonds is 24. The monoisotopic (exact) mass is 426 g/mol. The second kappa shape index (κ2) is 23.1. The van der Waals surface area contributed by atoms with E-state index in [2.05, 4.69) is 20.8 Å². The van der Waals surface area contributed by atoms with E-state index in [1.807, 2.05) is 0 Å². The molecule has 0 saturated heterocycles. The summed E-state index contributed by atoms with van der Waals surface area (Å²) in [5, 5.41) is 8.71. The van der Waals surface area contributed by atoms with Gasteiger partial charge in [0.1, 0.15) is 0 Å². The molecule has 1 N–H and O–H groups in total. The number of carboxylic acids is 1. The van der Waals surface area contributed by atoms with Crippen LogP contribution in [0.25, 0.3) is 0 Å². The third-order valence-electron chi connectivity index (χ3n) is 6.36. The van der Waals surface area contributed by atoms with Gasteiger partial charge >= 0.3 is 5.97 Å². The molecule has 0 saturated carbocycles. The van der Waals surface area contributed by atoms with Crippen LogP contribution in [-0.2, 0) is 9.53 Å². The highest BCUT2D eigenvalue weighted by molar-refractivity contribution is 5.66. The normalized spacial score (nSPS) is 13.4. The van der Waals surface area contributed by atoms with E-state index in [1.54, 1.807) is 0 Å². The summed E-state index contributed by atoms with van der Waals surface area (Å²) in [6.07, 6.45) is 24.8. The minimum atomic E-state index is -0.663. The Balaban J connectivity index is 4.03. The fourth-order valence-electron chi connectivity index (χ4n) is 4.23. The van der Waals surface area contributed by atoms with Crippen molar-refractivity contribution in [1.29, 1.82) is 0 Å². The molecule has 0 heterocycles. The highest BCUT2D eigenvalue weighted by Gasteiger charge is 2.17. The van der Waals surface area contributed by atoms with E-state index in [9.17, 15) is 4.79 Å². The summed E-state index contributed by atoms with van der Waals surface area (Å²) in [7, 11) is 0. The highest BCUT2D eigenvalue weighted by atomic mass is 16.5. The van der Waals surface area contributed by atoms with Gasteiger partial charge in [0.15, 0.2) is 0 Å². The van der Waals surface area contributed by atoms with Crippen molar-refractivity contribution in [2.24, 2.45) is 5.92 Å². The maximum Gasteiger partial charge on any atom is 0.303 e. The predicted octanol–water partition coefficient (Wildman–Crippen LogP) is 8.93. The van der Waals surface area contributed by atoms with E-state index in [0.29, 0.717) is 18.4 Å². The smallest absolute Gasteiger partial charge is 0.303 e. The summed E-state index contributed by atoms with van der Waals surface area (Å²) in [6.45, 7) is 7.87. The number of aliphatic carboxylic acids is 1. The minimum absolute atomic E-state index is 0.322. The van der Waals surface area contributed by atoms with E-state index < -0.39 is 5.97 Å². The molecule has 0 rings (SSSR count). The molecule has 0 aromatic heterocycles. The van der Waals surface area contributed by atoms with Crippen molar-refractivity contribution < 1.29 is 14.6 Å². The van der Waals surface area contributed by atoms with Crippen LogP contribution in [0.5, 0.6) is 0 Å². The van der Waals surface area contributed by atoms with Gasteiger partial charge in [0.2, 0.25) is 0 Å². The van der Waals surface area contributed by atoms with E-state index in [0.717, 1.165) is 19.4 Å². The summed E-state index contributed by atoms with van der Waals surface area (Å²) < 4.78 is 6.39. The van der Waals surface area contributed by atoms with Gasteiger partial charge in [-0.2, -0.15) is 0 Å². The fourth-order valence-corrected chi connectivity index (χ4v) is 4.23. The van der Waals surface area contributed by atoms with Crippen LogP contribution < -0.4 is 0 Å². The lowest BCUT2D eigenvalue weighted by atomic mass is 9.93. The molecule has 0 aliphatic heterocycles. The Morgan fingerprint density at radius 2 is 1.13 bits per heavy atom. The van der Waals surface area contributed by atoms with Crippen molar-refractivity contribution in [2.75, 3.05) is 6.61 Å². The first kappa shape index (κ1) is 29.4. The number of hydrogen-bond acceptors (Lipinski definition) is 2. The summed E-state index contributed by atoms with van der Waals surface area (Å²) in [5.41, 5.74) is 0. The first-order chi connectivity index (χ1) is 14.6. The van der Waals surface area contributed by atoms with Crippen LogP contribution >= 0.6 is 0 Å². The minimum Gasteiger partial charge on any atom is -0.481 e. The van der Waals surface area contributed by atoms with E-state index in [1.165, 1.54) is 109 Å². The number of carbonyl (C=O) groups is 1. The topological polar surface area (TPSA) is 46.5 Å². The van der Waals surface area contributed by atoms with Crippen LogP contribution in [0.2, 0.25) is 0 Å². The summed E-state index contributed by atoms with van der Waals surface area (Å²) >= 11 is 0. The summed E-state index contributed by atoms with van der Waals surface area (Å²) in [4.78, 5) is 10.6. The van der Waals surface area contributed by atoms with E-state index >= 15 is 0 Å². The third kappa shape index (κ3) is 20.7. The molecule has 0 aromatic rings. The number of unbranched alkanes of at least 4 members (excludes halogenated alkanes) is 14. The number of hydrogen-bond donors (Lipinski definition) is 1. The molecule has 0 aromatic carbocycles. The van der Waals surface area contributed by atoms with Crippen LogP contribution in [0, 0.1) is 5.92 Å². The maximum absolute atomic E-state index is 10.6. The SMILES string of the molecule is CCCCCCCCOC(CCCCCCCC)C(C)CCCCCCCC(=O)O. The van der Waals surface area contributed by atoms with Gasteiger partial charge in [-0.25, -0.2) is 0 Å². The molecule has 3 nitrogen and oxygen atoms in total. The molecule has 0 amide bonds. The first-order valence-corrected chi connectivity index (χ1v) is 13.4. The molecule has 0 radical (unpaired) electrons. The molecule has 0 bridgehead atoms. The zero-order chi connectivity index (χ0) is 22.3. The molecular weight excluding hydrogens is 372 g/mol. The standard InChI is InChI=1S/C27H54O3/c1-4-6-8-10-14-18-22-26(30-24-20-16-11-9-7-5-2)25(3)21-17-13-12-15-19-23-27(28)29/h25-26H,4-24H2,1-3H3,(H,28,29). The lowest BCUT2D eigenvalue weighted by Gasteiger charge is -2.25. The Bertz CT molecular complexity index is 356. The van der Waals surface area contributed by atoms with Gasteiger partial charge in [-0.05, 0) is 31.6 Å². The van der Waals surface area contributed by atoms with Crippen molar-refractivity contribution in [3.8, 4) is 0 Å². The van der Waals surface area contributed by atoms with Crippen molar-refractivity contribution >= 4 is 5.97 Å². The number of carboxylic acid groups (broad SMARTS) is 1. The molecule has 2 unspecified atom stereocenters. The van der Waals surface area contributed by atoms with Gasteiger partial charge in [0.05, 0.1) is 6.10 Å². The average Bonchev–Trinajstić information content (AvgIpc) is 2.72. The Kier molecular flexibility index (Phi) is 22.7. The molecule has 3 heteroatoms. The van der Waals surface area contributed by atoms with Crippen molar-refractivity contribution in [1.82, 2.24) is 0 Å². The van der Waals surface area contributed by atoms with Gasteiger partial charge in [-0.1, -0.05) is 117 Å². The van der Waals surface area contributed by atoms with Gasteiger partial charge in [0.25, 0.3) is 0 Å². The van der Waals surface area contributed by atoms with Crippen molar-refractivity contribution in [2.45, 2.75) is 155 Å². The average molecular weight is 427 g/mol. The van der Waals surface area contributed by atoms with Gasteiger partial charge in [-0.15, -0.1) is 0 Å². The molecule has 180 valence electrons. The zero-order valence-electron chi connectivity index (χ0n) is 20.8. The Morgan fingerprint density at radius 1 is 0.667 bits per heavy atom. The van der Waals surface area contributed by atoms with Gasteiger partial charge in [0, 0.05) is 13.0 Å². The van der Waals surface area contributed by atoms with Crippen molar-refractivity contribution in [3.63, 3.8) is 0 Å².